The van der Waals surface area contributed by atoms with E-state index in [4.69, 9.17) is 4.98 Å². The maximum atomic E-state index is 6.56. The third-order valence-corrected chi connectivity index (χ3v) is 19.6. The van der Waals surface area contributed by atoms with Crippen molar-refractivity contribution in [3.8, 4) is 45.5 Å². The van der Waals surface area contributed by atoms with Crippen LogP contribution >= 0.6 is 0 Å². The Morgan fingerprint density at radius 2 is 0.435 bits per heavy atom. The molecule has 7 heterocycles. The van der Waals surface area contributed by atoms with Gasteiger partial charge in [-0.05, 0) is 116 Å². The molecule has 0 aliphatic heterocycles. The zero-order valence-corrected chi connectivity index (χ0v) is 50.4. The number of aromatic nitrogens is 7. The number of benzene rings is 13. The normalized spacial score (nSPS) is 12.2. The summed E-state index contributed by atoms with van der Waals surface area (Å²) in [5, 5.41) is 14.1. The van der Waals surface area contributed by atoms with E-state index in [0.717, 1.165) is 144 Å². The minimum absolute atomic E-state index is 0.801. The number of aryl methyl sites for hydroxylation is 2. The van der Waals surface area contributed by atoms with Gasteiger partial charge in [-0.3, -0.25) is 9.13 Å². The van der Waals surface area contributed by atoms with Crippen LogP contribution in [0.3, 0.4) is 0 Å². The lowest BCUT2D eigenvalue weighted by molar-refractivity contribution is 0.961. The highest BCUT2D eigenvalue weighted by Crippen LogP contribution is 2.50. The molecule has 0 unspecified atom stereocenters. The van der Waals surface area contributed by atoms with Gasteiger partial charge in [0.1, 0.15) is 11.4 Å². The number of hydrogen-bond donors (Lipinski definition) is 0. The van der Waals surface area contributed by atoms with Crippen LogP contribution < -0.4 is 0 Å². The van der Waals surface area contributed by atoms with Gasteiger partial charge in [-0.1, -0.05) is 211 Å². The number of rotatable bonds is 7. The molecule has 0 aliphatic carbocycles. The molecule has 0 saturated heterocycles. The van der Waals surface area contributed by atoms with Crippen LogP contribution in [0.5, 0.6) is 0 Å². The first kappa shape index (κ1) is 50.8. The van der Waals surface area contributed by atoms with Gasteiger partial charge in [0.15, 0.2) is 11.6 Å². The Bertz CT molecular complexity index is 6090. The molecule has 0 aliphatic rings. The van der Waals surface area contributed by atoms with Gasteiger partial charge in [-0.25, -0.2) is 4.98 Å². The zero-order chi connectivity index (χ0) is 60.4. The summed E-state index contributed by atoms with van der Waals surface area (Å²) < 4.78 is 15.0. The predicted octanol–water partition coefficient (Wildman–Crippen LogP) is 21.9. The molecule has 0 saturated carbocycles. The first-order valence-electron chi connectivity index (χ1n) is 31.7. The SMILES string of the molecule is Cc1cc(C)cc(-c2c(-n3c4ccccc4c4ccccc43)c(-n3c4ccccc4c4ccccc43)nc(-n3c4ccccc4c4ccccc43)c2-n2c3ccc(-n4c5ccccc5c5ccccc54)cc3c3cc(-n4c5ccccc5c5ccccc54)ccc32)c1. The van der Waals surface area contributed by atoms with E-state index in [-0.39, 0.29) is 0 Å². The number of hydrogen-bond acceptors (Lipinski definition) is 1. The monoisotopic (exact) mass is 1170 g/mol. The molecule has 0 atom stereocenters. The van der Waals surface area contributed by atoms with Crippen molar-refractivity contribution < 1.29 is 0 Å². The fourth-order valence-electron chi connectivity index (χ4n) is 16.1. The summed E-state index contributed by atoms with van der Waals surface area (Å²) in [7, 11) is 0. The van der Waals surface area contributed by atoms with Crippen molar-refractivity contribution in [3.05, 3.63) is 308 Å². The third kappa shape index (κ3) is 7.02. The molecule has 92 heavy (non-hydrogen) atoms. The average Bonchev–Trinajstić information content (AvgIpc) is 1.45. The van der Waals surface area contributed by atoms with E-state index in [9.17, 15) is 0 Å². The fraction of sp³-hybridized carbons (Fsp3) is 0.0235. The van der Waals surface area contributed by atoms with E-state index >= 15 is 0 Å². The van der Waals surface area contributed by atoms with Crippen molar-refractivity contribution in [2.24, 2.45) is 0 Å². The van der Waals surface area contributed by atoms with Gasteiger partial charge in [0.25, 0.3) is 0 Å². The molecule has 7 heteroatoms. The highest BCUT2D eigenvalue weighted by atomic mass is 15.2. The molecule has 7 nitrogen and oxygen atoms in total. The first-order valence-corrected chi connectivity index (χ1v) is 31.7. The van der Waals surface area contributed by atoms with Crippen molar-refractivity contribution >= 4 is 131 Å². The molecular weight excluding hydrogens is 1120 g/mol. The summed E-state index contributed by atoms with van der Waals surface area (Å²) in [6.07, 6.45) is 0. The molecular formula is C85H55N7. The molecule has 0 fully saturated rings. The van der Waals surface area contributed by atoms with Gasteiger partial charge in [-0.2, -0.15) is 0 Å². The van der Waals surface area contributed by atoms with E-state index in [2.05, 4.69) is 339 Å². The average molecular weight is 1170 g/mol. The van der Waals surface area contributed by atoms with E-state index < -0.39 is 0 Å². The van der Waals surface area contributed by atoms with Crippen LogP contribution in [0.15, 0.2) is 297 Å². The second-order valence-electron chi connectivity index (χ2n) is 24.8. The summed E-state index contributed by atoms with van der Waals surface area (Å²) in [5.74, 6) is 1.61. The number of pyridine rings is 1. The predicted molar refractivity (Wildman–Crippen MR) is 385 cm³/mol. The topological polar surface area (TPSA) is 42.5 Å². The highest BCUT2D eigenvalue weighted by Gasteiger charge is 2.33. The van der Waals surface area contributed by atoms with E-state index in [1.54, 1.807) is 0 Å². The maximum absolute atomic E-state index is 6.56. The van der Waals surface area contributed by atoms with Gasteiger partial charge in [0.2, 0.25) is 0 Å². The van der Waals surface area contributed by atoms with Crippen LogP contribution in [-0.2, 0) is 0 Å². The van der Waals surface area contributed by atoms with Crippen molar-refractivity contribution in [2.45, 2.75) is 13.8 Å². The van der Waals surface area contributed by atoms with Crippen molar-refractivity contribution in [1.29, 1.82) is 0 Å². The largest absolute Gasteiger partial charge is 0.309 e. The minimum atomic E-state index is 0.801. The summed E-state index contributed by atoms with van der Waals surface area (Å²) in [5.41, 5.74) is 21.8. The quantitative estimate of drug-likeness (QED) is 0.157. The summed E-state index contributed by atoms with van der Waals surface area (Å²) >= 11 is 0. The molecule has 0 bridgehead atoms. The van der Waals surface area contributed by atoms with Crippen LogP contribution in [0.2, 0.25) is 0 Å². The van der Waals surface area contributed by atoms with E-state index in [1.165, 1.54) is 43.4 Å². The Hall–Kier alpha value is -12.2. The van der Waals surface area contributed by atoms with Crippen LogP contribution in [0.25, 0.3) is 176 Å². The molecule has 0 amide bonds. The molecule has 0 spiro atoms. The molecule has 7 aromatic heterocycles. The lowest BCUT2D eigenvalue weighted by Gasteiger charge is -2.27. The third-order valence-electron chi connectivity index (χ3n) is 19.6. The van der Waals surface area contributed by atoms with Crippen molar-refractivity contribution in [2.75, 3.05) is 0 Å². The fourth-order valence-corrected chi connectivity index (χ4v) is 16.1. The molecule has 20 aromatic rings. The Labute approximate surface area is 527 Å². The summed E-state index contributed by atoms with van der Waals surface area (Å²) in [6, 6.07) is 110. The van der Waals surface area contributed by atoms with Crippen molar-refractivity contribution in [3.63, 3.8) is 0 Å². The van der Waals surface area contributed by atoms with E-state index in [1.807, 2.05) is 0 Å². The molecule has 20 rings (SSSR count). The second-order valence-corrected chi connectivity index (χ2v) is 24.8. The number of fused-ring (bicyclic) bond motifs is 18. The van der Waals surface area contributed by atoms with Crippen LogP contribution in [0.4, 0.5) is 0 Å². The highest BCUT2D eigenvalue weighted by molar-refractivity contribution is 6.18. The maximum Gasteiger partial charge on any atom is 0.165 e. The van der Waals surface area contributed by atoms with Gasteiger partial charge in [0, 0.05) is 81.6 Å². The Balaban J connectivity index is 1.04. The first-order chi connectivity index (χ1) is 45.5. The van der Waals surface area contributed by atoms with Gasteiger partial charge >= 0.3 is 0 Å². The lowest BCUT2D eigenvalue weighted by Crippen LogP contribution is -2.16. The molecule has 0 radical (unpaired) electrons. The van der Waals surface area contributed by atoms with Crippen molar-refractivity contribution in [1.82, 2.24) is 32.4 Å². The smallest absolute Gasteiger partial charge is 0.165 e. The lowest BCUT2D eigenvalue weighted by atomic mass is 9.97. The van der Waals surface area contributed by atoms with Gasteiger partial charge in [-0.15, -0.1) is 0 Å². The van der Waals surface area contributed by atoms with Gasteiger partial charge < -0.3 is 18.3 Å². The molecule has 0 N–H and O–H groups in total. The second kappa shape index (κ2) is 19.2. The Kier molecular flexibility index (Phi) is 10.6. The standard InChI is InChI=1S/C85H55N7/c1-52-47-53(2)49-54(48-52)81-82(89-73-37-17-7-27-61(73)62-28-8-18-38-74(62)89)84(91-75-39-19-9-29-63(75)64-30-10-20-40-76(64)91)86-85(92-77-41-21-11-31-65(77)66-32-12-22-42-78(66)92)83(81)90-79-45-43-55(87-69-33-13-3-23-57(69)58-24-4-14-34-70(58)87)50-67(79)68-51-56(44-46-80(68)90)88-71-35-15-5-25-59(71)60-26-6-16-36-72(60)88/h3-51H,1-2H3. The number of nitrogens with zero attached hydrogens (tertiary/aromatic N) is 7. The van der Waals surface area contributed by atoms with Crippen LogP contribution in [-0.4, -0.2) is 32.4 Å². The summed E-state index contributed by atoms with van der Waals surface area (Å²) in [6.45, 7) is 4.48. The molecule has 430 valence electrons. The zero-order valence-electron chi connectivity index (χ0n) is 50.4. The molecule has 13 aromatic carbocycles. The van der Waals surface area contributed by atoms with Crippen LogP contribution in [0.1, 0.15) is 11.1 Å². The minimum Gasteiger partial charge on any atom is -0.309 e. The Morgan fingerprint density at radius 1 is 0.207 bits per heavy atom. The number of para-hydroxylation sites is 10. The Morgan fingerprint density at radius 3 is 0.707 bits per heavy atom. The van der Waals surface area contributed by atoms with Crippen LogP contribution in [0, 0.1) is 13.8 Å². The van der Waals surface area contributed by atoms with E-state index in [0.29, 0.717) is 0 Å². The summed E-state index contributed by atoms with van der Waals surface area (Å²) in [4.78, 5) is 6.56. The van der Waals surface area contributed by atoms with Gasteiger partial charge in [0.05, 0.1) is 66.2 Å².